The Kier molecular flexibility index (Phi) is 4.19. The molecule has 0 spiro atoms. The van der Waals surface area contributed by atoms with E-state index >= 15 is 0 Å². The highest BCUT2D eigenvalue weighted by Crippen LogP contribution is 2.36. The molecule has 0 radical (unpaired) electrons. The molecule has 0 saturated heterocycles. The molecule has 1 aromatic rings. The Bertz CT molecular complexity index is 471. The quantitative estimate of drug-likeness (QED) is 0.793. The van der Waals surface area contributed by atoms with Crippen molar-refractivity contribution >= 4 is 22.3 Å². The van der Waals surface area contributed by atoms with E-state index in [9.17, 15) is 4.79 Å². The molecule has 1 aliphatic carbocycles. The second-order valence-electron chi connectivity index (χ2n) is 6.16. The molecule has 0 unspecified atom stereocenters. The van der Waals surface area contributed by atoms with Gasteiger partial charge >= 0.3 is 5.97 Å². The minimum atomic E-state index is -0.472. The van der Waals surface area contributed by atoms with Crippen LogP contribution in [0.4, 0.5) is 5.00 Å². The van der Waals surface area contributed by atoms with Gasteiger partial charge in [0.25, 0.3) is 0 Å². The molecule has 2 N–H and O–H groups in total. The first-order valence-corrected chi connectivity index (χ1v) is 7.83. The molecule has 1 heterocycles. The number of carbonyl (C=O) groups is 1. The maximum absolute atomic E-state index is 12.3. The van der Waals surface area contributed by atoms with Crippen LogP contribution < -0.4 is 5.73 Å². The molecule has 1 aliphatic rings. The Balaban J connectivity index is 2.32. The number of anilines is 1. The number of ether oxygens (including phenoxy) is 1. The topological polar surface area (TPSA) is 52.3 Å². The Hall–Kier alpha value is -1.03. The Morgan fingerprint density at radius 1 is 1.16 bits per heavy atom. The molecule has 0 aliphatic heterocycles. The summed E-state index contributed by atoms with van der Waals surface area (Å²) in [4.78, 5) is 13.6. The summed E-state index contributed by atoms with van der Waals surface area (Å²) in [5.74, 6) is -0.261. The van der Waals surface area contributed by atoms with Crippen molar-refractivity contribution in [3.63, 3.8) is 0 Å². The van der Waals surface area contributed by atoms with Crippen LogP contribution in [0.25, 0.3) is 0 Å². The van der Waals surface area contributed by atoms with Crippen LogP contribution in [-0.2, 0) is 17.6 Å². The summed E-state index contributed by atoms with van der Waals surface area (Å²) in [6, 6.07) is 0. The Morgan fingerprint density at radius 3 is 2.42 bits per heavy atom. The molecule has 4 heteroatoms. The average molecular weight is 281 g/mol. The van der Waals surface area contributed by atoms with Gasteiger partial charge in [-0.05, 0) is 52.0 Å². The molecule has 0 saturated carbocycles. The van der Waals surface area contributed by atoms with Crippen molar-refractivity contribution in [3.8, 4) is 0 Å². The van der Waals surface area contributed by atoms with Crippen LogP contribution in [-0.4, -0.2) is 11.6 Å². The number of nitrogen functional groups attached to an aromatic ring is 1. The minimum absolute atomic E-state index is 0.261. The third kappa shape index (κ3) is 3.50. The lowest BCUT2D eigenvalue weighted by atomic mass is 9.96. The zero-order valence-electron chi connectivity index (χ0n) is 12.0. The van der Waals surface area contributed by atoms with E-state index in [0.29, 0.717) is 10.6 Å². The lowest BCUT2D eigenvalue weighted by Gasteiger charge is -2.20. The lowest BCUT2D eigenvalue weighted by molar-refractivity contribution is 0.00700. The van der Waals surface area contributed by atoms with E-state index in [1.54, 1.807) is 11.3 Å². The summed E-state index contributed by atoms with van der Waals surface area (Å²) >= 11 is 1.57. The summed E-state index contributed by atoms with van der Waals surface area (Å²) < 4.78 is 5.49. The van der Waals surface area contributed by atoms with Crippen molar-refractivity contribution in [1.82, 2.24) is 0 Å². The van der Waals surface area contributed by atoms with E-state index in [2.05, 4.69) is 0 Å². The second kappa shape index (κ2) is 5.53. The molecule has 2 rings (SSSR count). The van der Waals surface area contributed by atoms with E-state index in [1.165, 1.54) is 24.1 Å². The fourth-order valence-electron chi connectivity index (χ4n) is 2.49. The van der Waals surface area contributed by atoms with Gasteiger partial charge in [-0.3, -0.25) is 0 Å². The maximum atomic E-state index is 12.3. The third-order valence-electron chi connectivity index (χ3n) is 3.30. The van der Waals surface area contributed by atoms with Crippen LogP contribution in [0.3, 0.4) is 0 Å². The number of esters is 1. The van der Waals surface area contributed by atoms with E-state index in [4.69, 9.17) is 10.5 Å². The summed E-state index contributed by atoms with van der Waals surface area (Å²) in [7, 11) is 0. The SMILES string of the molecule is CC(C)(C)OC(=O)c1c(N)sc2c1CCCCCC2. The third-order valence-corrected chi connectivity index (χ3v) is 4.42. The Labute approximate surface area is 119 Å². The van der Waals surface area contributed by atoms with Gasteiger partial charge in [-0.15, -0.1) is 11.3 Å². The van der Waals surface area contributed by atoms with Gasteiger partial charge in [0, 0.05) is 4.88 Å². The lowest BCUT2D eigenvalue weighted by Crippen LogP contribution is -2.24. The number of thiophene rings is 1. The molecule has 0 amide bonds. The molecule has 0 aromatic carbocycles. The van der Waals surface area contributed by atoms with Crippen molar-refractivity contribution in [2.45, 2.75) is 64.9 Å². The van der Waals surface area contributed by atoms with Gasteiger partial charge in [0.1, 0.15) is 10.6 Å². The van der Waals surface area contributed by atoms with E-state index in [1.807, 2.05) is 20.8 Å². The zero-order valence-corrected chi connectivity index (χ0v) is 12.9. The first kappa shape index (κ1) is 14.4. The number of hydrogen-bond acceptors (Lipinski definition) is 4. The largest absolute Gasteiger partial charge is 0.456 e. The maximum Gasteiger partial charge on any atom is 0.341 e. The predicted molar refractivity (Wildman–Crippen MR) is 79.8 cm³/mol. The minimum Gasteiger partial charge on any atom is -0.456 e. The van der Waals surface area contributed by atoms with Crippen molar-refractivity contribution in [3.05, 3.63) is 16.0 Å². The molecular weight excluding hydrogens is 258 g/mol. The fraction of sp³-hybridized carbons (Fsp3) is 0.667. The number of hydrogen-bond donors (Lipinski definition) is 1. The molecule has 106 valence electrons. The van der Waals surface area contributed by atoms with E-state index < -0.39 is 5.60 Å². The molecule has 0 bridgehead atoms. The van der Waals surface area contributed by atoms with Crippen LogP contribution in [0.2, 0.25) is 0 Å². The first-order chi connectivity index (χ1) is 8.88. The Morgan fingerprint density at radius 2 is 1.79 bits per heavy atom. The number of rotatable bonds is 1. The summed E-state index contributed by atoms with van der Waals surface area (Å²) in [5.41, 5.74) is 7.37. The number of nitrogens with two attached hydrogens (primary N) is 1. The van der Waals surface area contributed by atoms with Crippen molar-refractivity contribution in [1.29, 1.82) is 0 Å². The normalized spacial score (nSPS) is 16.4. The second-order valence-corrected chi connectivity index (χ2v) is 7.30. The molecule has 1 aromatic heterocycles. The summed E-state index contributed by atoms with van der Waals surface area (Å²) in [6.45, 7) is 5.66. The van der Waals surface area contributed by atoms with Crippen LogP contribution in [0, 0.1) is 0 Å². The smallest absolute Gasteiger partial charge is 0.341 e. The summed E-state index contributed by atoms with van der Waals surface area (Å²) in [6.07, 6.45) is 6.85. The molecule has 3 nitrogen and oxygen atoms in total. The highest BCUT2D eigenvalue weighted by atomic mass is 32.1. The van der Waals surface area contributed by atoms with E-state index in [0.717, 1.165) is 24.8 Å². The van der Waals surface area contributed by atoms with Crippen molar-refractivity contribution < 1.29 is 9.53 Å². The van der Waals surface area contributed by atoms with Gasteiger partial charge < -0.3 is 10.5 Å². The number of carbonyl (C=O) groups excluding carboxylic acids is 1. The van der Waals surface area contributed by atoms with Gasteiger partial charge in [0.15, 0.2) is 0 Å². The molecule has 0 atom stereocenters. The van der Waals surface area contributed by atoms with Gasteiger partial charge in [0.2, 0.25) is 0 Å². The zero-order chi connectivity index (χ0) is 14.0. The van der Waals surface area contributed by atoms with Crippen molar-refractivity contribution in [2.75, 3.05) is 5.73 Å². The average Bonchev–Trinajstić information content (AvgIpc) is 2.52. The number of fused-ring (bicyclic) bond motifs is 1. The fourth-order valence-corrected chi connectivity index (χ4v) is 3.64. The number of aryl methyl sites for hydroxylation is 1. The predicted octanol–water partition coefficient (Wildman–Crippen LogP) is 3.94. The molecule has 0 fully saturated rings. The monoisotopic (exact) mass is 281 g/mol. The van der Waals surface area contributed by atoms with Gasteiger partial charge in [-0.2, -0.15) is 0 Å². The van der Waals surface area contributed by atoms with Crippen LogP contribution in [0.1, 0.15) is 67.3 Å². The molecular formula is C15H23NO2S. The first-order valence-electron chi connectivity index (χ1n) is 7.02. The van der Waals surface area contributed by atoms with Crippen LogP contribution in [0.15, 0.2) is 0 Å². The molecule has 19 heavy (non-hydrogen) atoms. The van der Waals surface area contributed by atoms with Crippen LogP contribution >= 0.6 is 11.3 Å². The summed E-state index contributed by atoms with van der Waals surface area (Å²) in [5, 5.41) is 0.626. The van der Waals surface area contributed by atoms with Crippen LogP contribution in [0.5, 0.6) is 0 Å². The highest BCUT2D eigenvalue weighted by Gasteiger charge is 2.26. The van der Waals surface area contributed by atoms with Crippen molar-refractivity contribution in [2.24, 2.45) is 0 Å². The standard InChI is InChI=1S/C15H23NO2S/c1-15(2,3)18-14(17)12-10-8-6-4-5-7-9-11(10)19-13(12)16/h4-9,16H2,1-3H3. The van der Waals surface area contributed by atoms with Gasteiger partial charge in [-0.25, -0.2) is 4.79 Å². The van der Waals surface area contributed by atoms with Gasteiger partial charge in [-0.1, -0.05) is 12.8 Å². The van der Waals surface area contributed by atoms with Gasteiger partial charge in [0.05, 0.1) is 5.56 Å². The van der Waals surface area contributed by atoms with E-state index in [-0.39, 0.29) is 5.97 Å². The highest BCUT2D eigenvalue weighted by molar-refractivity contribution is 7.16.